The van der Waals surface area contributed by atoms with E-state index in [1.807, 2.05) is 53.2 Å². The number of nitrogens with one attached hydrogen (secondary N) is 3. The van der Waals surface area contributed by atoms with Crippen molar-refractivity contribution in [1.29, 1.82) is 0 Å². The number of rotatable bonds is 13. The highest BCUT2D eigenvalue weighted by molar-refractivity contribution is 7.17. The summed E-state index contributed by atoms with van der Waals surface area (Å²) in [5.74, 6) is -0.399. The van der Waals surface area contributed by atoms with Gasteiger partial charge in [0.15, 0.2) is 11.3 Å². The van der Waals surface area contributed by atoms with E-state index < -0.39 is 5.97 Å². The normalized spacial score (nSPS) is 13.2. The molecule has 0 saturated heterocycles. The molecule has 10 rings (SSSR count). The highest BCUT2D eigenvalue weighted by Gasteiger charge is 2.31. The molecule has 8 aromatic heterocycles. The van der Waals surface area contributed by atoms with Crippen LogP contribution in [0, 0.1) is 11.8 Å². The Bertz CT molecular complexity index is 2790. The molecule has 0 aliphatic heterocycles. The van der Waals surface area contributed by atoms with Crippen LogP contribution in [-0.2, 0) is 22.4 Å². The Morgan fingerprint density at radius 2 is 1.20 bits per heavy atom. The average molecular weight is 895 g/mol. The zero-order valence-corrected chi connectivity index (χ0v) is 35.5. The minimum absolute atomic E-state index is 0.0275. The average Bonchev–Trinajstić information content (AvgIpc) is 3.74. The fraction of sp³-hybridized carbons (Fsp3) is 0.250. The second kappa shape index (κ2) is 19.0. The van der Waals surface area contributed by atoms with Gasteiger partial charge in [0.2, 0.25) is 23.7 Å². The van der Waals surface area contributed by atoms with Crippen LogP contribution in [0.2, 0.25) is 0 Å². The van der Waals surface area contributed by atoms with Crippen molar-refractivity contribution in [3.63, 3.8) is 0 Å². The number of thiophene rings is 2. The van der Waals surface area contributed by atoms with E-state index in [9.17, 15) is 19.2 Å². The quantitative estimate of drug-likeness (QED) is 0.0848. The van der Waals surface area contributed by atoms with Crippen LogP contribution in [0.4, 0.5) is 11.9 Å². The molecule has 0 bridgehead atoms. The number of nitrogens with two attached hydrogens (primary N) is 1. The monoisotopic (exact) mass is 894 g/mol. The van der Waals surface area contributed by atoms with Gasteiger partial charge < -0.3 is 16.2 Å². The van der Waals surface area contributed by atoms with Gasteiger partial charge in [-0.1, -0.05) is 12.1 Å². The van der Waals surface area contributed by atoms with E-state index in [2.05, 4.69) is 46.1 Å². The number of carboxylic acids is 1. The lowest BCUT2D eigenvalue weighted by molar-refractivity contribution is -0.118. The molecule has 0 atom stereocenters. The van der Waals surface area contributed by atoms with Gasteiger partial charge in [-0.05, 0) is 80.8 Å². The van der Waals surface area contributed by atoms with Crippen LogP contribution in [0.5, 0.6) is 0 Å². The number of hydrogen-bond acceptors (Lipinski definition) is 15. The molecule has 2 fully saturated rings. The van der Waals surface area contributed by atoms with E-state index in [-0.39, 0.29) is 40.4 Å². The molecule has 2 saturated carbocycles. The predicted octanol–water partition coefficient (Wildman–Crippen LogP) is 6.38. The van der Waals surface area contributed by atoms with Crippen LogP contribution < -0.4 is 21.7 Å². The van der Waals surface area contributed by atoms with E-state index in [0.717, 1.165) is 69.7 Å². The zero-order valence-electron chi connectivity index (χ0n) is 32.3. The smallest absolute Gasteiger partial charge is 0.345 e. The Labute approximate surface area is 363 Å². The van der Waals surface area contributed by atoms with E-state index in [4.69, 9.17) is 10.8 Å². The van der Waals surface area contributed by atoms with Crippen LogP contribution >= 0.6 is 45.3 Å². The molecule has 0 unspecified atom stereocenters. The standard InChI is InChI=1S/C20H18N6O2S2.C15H12N4O3S.C5H8N2S/c27-18(12-4-5-12)24-20-23-16-3-1-2-13(26(16)25-20)14-6-7-15(30-14)19(28)22-9-8-17-21-10-11-29-17;20-13(8-4-5-8)17-15-16-12-3-1-2-9(19(12)18-15)10-6-7-11(23-10)14(21)22;6-2-1-5-7-3-4-8-5/h1-3,6-7,10-12H,4-5,8-9H2,(H,22,28)(H,24,25,27);1-3,6-8H,4-5H2,(H,21,22)(H,17,18,20);3-4H,1-2,6H2. The first-order chi connectivity index (χ1) is 29.7. The Morgan fingerprint density at radius 3 is 1.66 bits per heavy atom. The fourth-order valence-corrected chi connectivity index (χ4v) is 8.88. The Morgan fingerprint density at radius 1 is 0.689 bits per heavy atom. The Balaban J connectivity index is 0.000000146. The van der Waals surface area contributed by atoms with Crippen molar-refractivity contribution in [3.8, 4) is 21.1 Å². The van der Waals surface area contributed by atoms with Gasteiger partial charge in [0, 0.05) is 54.4 Å². The predicted molar refractivity (Wildman–Crippen MR) is 235 cm³/mol. The summed E-state index contributed by atoms with van der Waals surface area (Å²) in [7, 11) is 0. The van der Waals surface area contributed by atoms with Crippen molar-refractivity contribution in [1.82, 2.24) is 44.5 Å². The molecule has 6 N–H and O–H groups in total. The number of amides is 3. The molecule has 0 spiro atoms. The third-order valence-corrected chi connectivity index (χ3v) is 13.1. The number of carbonyl (C=O) groups excluding carboxylic acids is 3. The molecule has 8 heterocycles. The van der Waals surface area contributed by atoms with Gasteiger partial charge in [0.05, 0.1) is 36.0 Å². The number of aromatic carboxylic acids is 1. The van der Waals surface area contributed by atoms with Gasteiger partial charge >= 0.3 is 5.97 Å². The summed E-state index contributed by atoms with van der Waals surface area (Å²) >= 11 is 5.80. The van der Waals surface area contributed by atoms with Gasteiger partial charge in [-0.25, -0.2) is 23.8 Å². The second-order valence-electron chi connectivity index (χ2n) is 13.8. The number of aromatic nitrogens is 8. The number of pyridine rings is 2. The number of hydrogen-bond donors (Lipinski definition) is 5. The molecule has 0 radical (unpaired) electrons. The van der Waals surface area contributed by atoms with E-state index in [1.165, 1.54) is 22.7 Å². The number of carboxylic acid groups (broad SMARTS) is 1. The molecule has 0 aromatic carbocycles. The first-order valence-corrected chi connectivity index (χ1v) is 22.6. The maximum atomic E-state index is 12.5. The summed E-state index contributed by atoms with van der Waals surface area (Å²) in [6.07, 6.45) is 8.88. The number of thiazole rings is 2. The minimum Gasteiger partial charge on any atom is -0.477 e. The summed E-state index contributed by atoms with van der Waals surface area (Å²) in [4.78, 5) is 66.9. The van der Waals surface area contributed by atoms with Gasteiger partial charge in [0.25, 0.3) is 5.91 Å². The summed E-state index contributed by atoms with van der Waals surface area (Å²) in [5, 5.41) is 32.3. The Hall–Kier alpha value is -6.26. The molecule has 21 heteroatoms. The lowest BCUT2D eigenvalue weighted by atomic mass is 10.3. The fourth-order valence-electron chi connectivity index (χ4n) is 5.84. The maximum Gasteiger partial charge on any atom is 0.345 e. The van der Waals surface area contributed by atoms with Gasteiger partial charge in [0.1, 0.15) is 4.88 Å². The summed E-state index contributed by atoms with van der Waals surface area (Å²) in [6.45, 7) is 1.25. The highest BCUT2D eigenvalue weighted by Crippen LogP contribution is 2.33. The SMILES string of the molecule is NCCc1nccs1.O=C(NCCc1nccs1)c1ccc(-c2cccc3nc(NC(=O)C4CC4)nn23)s1.O=C(O)c1ccc(-c2cccc3nc(NC(=O)C4CC4)nn23)s1. The van der Waals surface area contributed by atoms with Gasteiger partial charge in [-0.15, -0.1) is 55.5 Å². The van der Waals surface area contributed by atoms with Gasteiger partial charge in [-0.2, -0.15) is 9.97 Å². The van der Waals surface area contributed by atoms with Crippen LogP contribution in [0.25, 0.3) is 32.4 Å². The maximum absolute atomic E-state index is 12.5. The van der Waals surface area contributed by atoms with Crippen molar-refractivity contribution in [2.75, 3.05) is 23.7 Å². The molecule has 312 valence electrons. The molecule has 2 aliphatic carbocycles. The largest absolute Gasteiger partial charge is 0.477 e. The molecule has 61 heavy (non-hydrogen) atoms. The van der Waals surface area contributed by atoms with Crippen molar-refractivity contribution < 1.29 is 24.3 Å². The van der Waals surface area contributed by atoms with Gasteiger partial charge in [-0.3, -0.25) is 25.0 Å². The van der Waals surface area contributed by atoms with Crippen LogP contribution in [0.3, 0.4) is 0 Å². The molecule has 8 aromatic rings. The molecular weight excluding hydrogens is 857 g/mol. The van der Waals surface area contributed by atoms with Crippen molar-refractivity contribution in [2.45, 2.75) is 38.5 Å². The molecule has 3 amide bonds. The molecule has 17 nitrogen and oxygen atoms in total. The zero-order chi connectivity index (χ0) is 42.3. The van der Waals surface area contributed by atoms with Crippen molar-refractivity contribution >= 4 is 92.2 Å². The number of nitrogens with zero attached hydrogens (tertiary/aromatic N) is 8. The number of anilines is 2. The van der Waals surface area contributed by atoms with Crippen LogP contribution in [0.15, 0.2) is 83.8 Å². The lowest BCUT2D eigenvalue weighted by Crippen LogP contribution is -2.24. The first kappa shape index (κ1) is 41.5. The molecule has 2 aliphatic rings. The van der Waals surface area contributed by atoms with E-state index >= 15 is 0 Å². The highest BCUT2D eigenvalue weighted by atomic mass is 32.1. The van der Waals surface area contributed by atoms with Crippen molar-refractivity contribution in [2.24, 2.45) is 17.6 Å². The first-order valence-electron chi connectivity index (χ1n) is 19.2. The summed E-state index contributed by atoms with van der Waals surface area (Å²) in [5.41, 5.74) is 8.08. The Kier molecular flexibility index (Phi) is 12.9. The topological polar surface area (TPSA) is 237 Å². The van der Waals surface area contributed by atoms with Crippen LogP contribution in [-0.4, -0.2) is 81.1 Å². The third-order valence-electron chi connectivity index (χ3n) is 9.19. The van der Waals surface area contributed by atoms with E-state index in [0.29, 0.717) is 35.2 Å². The minimum atomic E-state index is -0.954. The van der Waals surface area contributed by atoms with Crippen molar-refractivity contribution in [3.05, 3.63) is 104 Å². The number of carbonyl (C=O) groups is 4. The summed E-state index contributed by atoms with van der Waals surface area (Å²) in [6, 6.07) is 18.1. The lowest BCUT2D eigenvalue weighted by Gasteiger charge is -2.02. The van der Waals surface area contributed by atoms with E-state index in [1.54, 1.807) is 62.3 Å². The third kappa shape index (κ3) is 10.6. The molecular formula is C40H38N12O5S4. The second-order valence-corrected chi connectivity index (χ2v) is 17.9. The number of fused-ring (bicyclic) bond motifs is 2. The summed E-state index contributed by atoms with van der Waals surface area (Å²) < 4.78 is 3.30. The van der Waals surface area contributed by atoms with Crippen LogP contribution in [0.1, 0.15) is 55.0 Å².